The van der Waals surface area contributed by atoms with Gasteiger partial charge in [0.15, 0.2) is 17.3 Å². The molecule has 1 aromatic carbocycles. The molecule has 0 unspecified atom stereocenters. The van der Waals surface area contributed by atoms with E-state index in [9.17, 15) is 4.39 Å². The Bertz CT molecular complexity index is 1290. The summed E-state index contributed by atoms with van der Waals surface area (Å²) in [6.45, 7) is 4.63. The van der Waals surface area contributed by atoms with Crippen molar-refractivity contribution in [2.24, 2.45) is 5.92 Å². The lowest BCUT2D eigenvalue weighted by molar-refractivity contribution is 0.419. The van der Waals surface area contributed by atoms with Gasteiger partial charge in [-0.15, -0.1) is 0 Å². The van der Waals surface area contributed by atoms with Crippen molar-refractivity contribution < 1.29 is 4.39 Å². The van der Waals surface area contributed by atoms with Gasteiger partial charge in [-0.1, -0.05) is 11.6 Å². The molecule has 10 heteroatoms. The number of aromatic amines is 1. The second-order valence-electron chi connectivity index (χ2n) is 8.40. The zero-order valence-corrected chi connectivity index (χ0v) is 17.7. The second kappa shape index (κ2) is 7.06. The molecule has 1 atom stereocenters. The third kappa shape index (κ3) is 3.37. The van der Waals surface area contributed by atoms with Gasteiger partial charge in [-0.2, -0.15) is 10.2 Å². The molecule has 1 saturated carbocycles. The fourth-order valence-electron chi connectivity index (χ4n) is 4.45. The van der Waals surface area contributed by atoms with Gasteiger partial charge < -0.3 is 15.5 Å². The van der Waals surface area contributed by atoms with Gasteiger partial charge in [-0.3, -0.25) is 5.10 Å². The molecule has 2 aliphatic rings. The number of hydrogen-bond acceptors (Lipinski definition) is 6. The summed E-state index contributed by atoms with van der Waals surface area (Å²) >= 11 is 6.69. The Hall–Kier alpha value is -2.91. The fraction of sp³-hybridized carbons (Fsp3) is 0.381. The number of fused-ring (bicyclic) bond motifs is 2. The van der Waals surface area contributed by atoms with E-state index in [1.165, 1.54) is 23.4 Å². The van der Waals surface area contributed by atoms with E-state index in [0.29, 0.717) is 28.4 Å². The number of rotatable bonds is 4. The number of aromatic nitrogens is 5. The minimum Gasteiger partial charge on any atom is -0.369 e. The van der Waals surface area contributed by atoms with Crippen LogP contribution in [0.4, 0.5) is 21.6 Å². The van der Waals surface area contributed by atoms with E-state index in [4.69, 9.17) is 11.6 Å². The highest BCUT2D eigenvalue weighted by Gasteiger charge is 2.34. The van der Waals surface area contributed by atoms with Crippen molar-refractivity contribution in [3.05, 3.63) is 41.1 Å². The van der Waals surface area contributed by atoms with Crippen LogP contribution in [-0.2, 0) is 0 Å². The van der Waals surface area contributed by atoms with Gasteiger partial charge in [0.25, 0.3) is 0 Å². The number of anilines is 3. The van der Waals surface area contributed by atoms with Crippen LogP contribution >= 0.6 is 11.6 Å². The Morgan fingerprint density at radius 3 is 2.97 bits per heavy atom. The number of hydrogen-bond donors (Lipinski definition) is 3. The van der Waals surface area contributed by atoms with Crippen molar-refractivity contribution >= 4 is 45.3 Å². The third-order valence-electron chi connectivity index (χ3n) is 6.12. The van der Waals surface area contributed by atoms with Crippen LogP contribution in [0.15, 0.2) is 24.4 Å². The summed E-state index contributed by atoms with van der Waals surface area (Å²) in [4.78, 5) is 6.47. The van der Waals surface area contributed by atoms with Gasteiger partial charge >= 0.3 is 0 Å². The topological polar surface area (TPSA) is 86.2 Å². The Morgan fingerprint density at radius 1 is 1.26 bits per heavy atom. The van der Waals surface area contributed by atoms with Crippen molar-refractivity contribution in [1.82, 2.24) is 30.1 Å². The number of piperazine rings is 1. The van der Waals surface area contributed by atoms with Crippen molar-refractivity contribution in [1.29, 1.82) is 0 Å². The molecule has 4 aromatic rings. The van der Waals surface area contributed by atoms with Gasteiger partial charge in [0.2, 0.25) is 0 Å². The van der Waals surface area contributed by atoms with Crippen molar-refractivity contribution in [3.63, 3.8) is 0 Å². The monoisotopic (exact) mass is 440 g/mol. The van der Waals surface area contributed by atoms with E-state index in [-0.39, 0.29) is 5.65 Å². The minimum absolute atomic E-state index is 0.193. The SMILES string of the molecule is Cc1nc2c(F)cc(Nc3n[nH]c4cc(N5CCN[C@@H](C6CC6)C5)cc(Cl)c34)cn2n1. The summed E-state index contributed by atoms with van der Waals surface area (Å²) in [5.74, 6) is 1.39. The molecule has 31 heavy (non-hydrogen) atoms. The van der Waals surface area contributed by atoms with Crippen molar-refractivity contribution in [3.8, 4) is 0 Å². The van der Waals surface area contributed by atoms with E-state index in [1.54, 1.807) is 13.1 Å². The molecule has 0 spiro atoms. The standard InChI is InChI=1S/C21H22ClFN8/c1-11-25-21-16(23)6-13(9-31(21)29-11)26-20-19-15(22)7-14(8-17(19)27-28-20)30-5-4-24-18(10-30)12-2-3-12/h6-9,12,18,24H,2-5,10H2,1H3,(H2,26,27,28)/t18-/m1/s1. The molecular formula is C21H22ClFN8. The molecule has 1 aliphatic heterocycles. The van der Waals surface area contributed by atoms with Crippen LogP contribution in [0.2, 0.25) is 5.02 Å². The van der Waals surface area contributed by atoms with Crippen LogP contribution in [0, 0.1) is 18.7 Å². The number of H-pyrrole nitrogens is 1. The van der Waals surface area contributed by atoms with Crippen LogP contribution < -0.4 is 15.5 Å². The normalized spacial score (nSPS) is 19.5. The summed E-state index contributed by atoms with van der Waals surface area (Å²) in [6, 6.07) is 6.00. The molecule has 160 valence electrons. The fourth-order valence-corrected chi connectivity index (χ4v) is 4.75. The molecule has 0 bridgehead atoms. The number of aryl methyl sites for hydroxylation is 1. The lowest BCUT2D eigenvalue weighted by Crippen LogP contribution is -2.51. The molecule has 6 rings (SSSR count). The molecular weight excluding hydrogens is 419 g/mol. The predicted molar refractivity (Wildman–Crippen MR) is 119 cm³/mol. The molecule has 0 radical (unpaired) electrons. The lowest BCUT2D eigenvalue weighted by atomic mass is 10.1. The van der Waals surface area contributed by atoms with Crippen LogP contribution in [0.5, 0.6) is 0 Å². The smallest absolute Gasteiger partial charge is 0.191 e. The summed E-state index contributed by atoms with van der Waals surface area (Å²) < 4.78 is 15.8. The van der Waals surface area contributed by atoms with E-state index in [2.05, 4.69) is 41.9 Å². The average molecular weight is 441 g/mol. The zero-order valence-electron chi connectivity index (χ0n) is 17.0. The van der Waals surface area contributed by atoms with Gasteiger partial charge in [0.05, 0.1) is 27.8 Å². The summed E-state index contributed by atoms with van der Waals surface area (Å²) in [5.41, 5.74) is 2.63. The predicted octanol–water partition coefficient (Wildman–Crippen LogP) is 3.64. The van der Waals surface area contributed by atoms with E-state index < -0.39 is 5.82 Å². The largest absolute Gasteiger partial charge is 0.369 e. The first-order chi connectivity index (χ1) is 15.0. The Balaban J connectivity index is 1.31. The molecule has 2 fully saturated rings. The van der Waals surface area contributed by atoms with Gasteiger partial charge in [-0.25, -0.2) is 13.9 Å². The molecule has 3 N–H and O–H groups in total. The maximum Gasteiger partial charge on any atom is 0.191 e. The first-order valence-corrected chi connectivity index (χ1v) is 10.9. The molecule has 0 amide bonds. The number of pyridine rings is 1. The third-order valence-corrected chi connectivity index (χ3v) is 6.42. The Kier molecular flexibility index (Phi) is 4.29. The lowest BCUT2D eigenvalue weighted by Gasteiger charge is -2.35. The van der Waals surface area contributed by atoms with Crippen LogP contribution in [0.25, 0.3) is 16.6 Å². The zero-order chi connectivity index (χ0) is 21.1. The summed E-state index contributed by atoms with van der Waals surface area (Å²) in [6.07, 6.45) is 4.32. The van der Waals surface area contributed by atoms with Crippen LogP contribution in [-0.4, -0.2) is 50.5 Å². The maximum absolute atomic E-state index is 14.4. The number of nitrogens with one attached hydrogen (secondary N) is 3. The quantitative estimate of drug-likeness (QED) is 0.449. The van der Waals surface area contributed by atoms with Crippen LogP contribution in [0.1, 0.15) is 18.7 Å². The van der Waals surface area contributed by atoms with E-state index in [1.807, 2.05) is 6.07 Å². The highest BCUT2D eigenvalue weighted by molar-refractivity contribution is 6.36. The van der Waals surface area contributed by atoms with Crippen molar-refractivity contribution in [2.45, 2.75) is 25.8 Å². The molecule has 1 saturated heterocycles. The molecule has 1 aliphatic carbocycles. The molecule has 4 heterocycles. The second-order valence-corrected chi connectivity index (χ2v) is 8.80. The molecule has 3 aromatic heterocycles. The maximum atomic E-state index is 14.4. The van der Waals surface area contributed by atoms with E-state index >= 15 is 0 Å². The number of benzene rings is 1. The highest BCUT2D eigenvalue weighted by atomic mass is 35.5. The van der Waals surface area contributed by atoms with Crippen molar-refractivity contribution in [2.75, 3.05) is 29.9 Å². The average Bonchev–Trinajstić information content (AvgIpc) is 3.42. The van der Waals surface area contributed by atoms with Gasteiger partial charge in [0, 0.05) is 37.4 Å². The first-order valence-electron chi connectivity index (χ1n) is 10.5. The van der Waals surface area contributed by atoms with Gasteiger partial charge in [-0.05, 0) is 37.8 Å². The molecule has 8 nitrogen and oxygen atoms in total. The Morgan fingerprint density at radius 2 is 2.13 bits per heavy atom. The van der Waals surface area contributed by atoms with Crippen LogP contribution in [0.3, 0.4) is 0 Å². The highest BCUT2D eigenvalue weighted by Crippen LogP contribution is 2.37. The number of nitrogens with zero attached hydrogens (tertiary/aromatic N) is 5. The minimum atomic E-state index is -0.456. The number of halogens is 2. The van der Waals surface area contributed by atoms with Gasteiger partial charge in [0.1, 0.15) is 5.82 Å². The van der Waals surface area contributed by atoms with E-state index in [0.717, 1.165) is 42.1 Å². The summed E-state index contributed by atoms with van der Waals surface area (Å²) in [5, 5.41) is 19.8. The first kappa shape index (κ1) is 18.8. The Labute approximate surface area is 182 Å². The summed E-state index contributed by atoms with van der Waals surface area (Å²) in [7, 11) is 0.